The first kappa shape index (κ1) is 19.7. The molecule has 1 amide bonds. The van der Waals surface area contributed by atoms with Gasteiger partial charge < -0.3 is 19.7 Å². The van der Waals surface area contributed by atoms with Crippen molar-refractivity contribution in [2.75, 3.05) is 32.7 Å². The first-order valence-electron chi connectivity index (χ1n) is 11.0. The Labute approximate surface area is 158 Å². The minimum Gasteiger partial charge on any atom is -0.550 e. The van der Waals surface area contributed by atoms with Crippen LogP contribution in [0.5, 0.6) is 0 Å². The Hall–Kier alpha value is -1.10. The van der Waals surface area contributed by atoms with Crippen molar-refractivity contribution in [2.45, 2.75) is 70.6 Å². The fraction of sp³-hybridized carbons (Fsp3) is 0.905. The third-order valence-corrected chi connectivity index (χ3v) is 7.02. The summed E-state index contributed by atoms with van der Waals surface area (Å²) < 4.78 is 0. The summed E-state index contributed by atoms with van der Waals surface area (Å²) in [5.74, 6) is 0.127. The van der Waals surface area contributed by atoms with Gasteiger partial charge in [0, 0.05) is 31.4 Å². The van der Waals surface area contributed by atoms with Crippen molar-refractivity contribution in [1.29, 1.82) is 0 Å². The second-order valence-electron chi connectivity index (χ2n) is 8.85. The number of piperidine rings is 2. The summed E-state index contributed by atoms with van der Waals surface area (Å²) in [5.41, 5.74) is 0. The van der Waals surface area contributed by atoms with E-state index in [9.17, 15) is 14.7 Å². The Bertz CT molecular complexity index is 470. The summed E-state index contributed by atoms with van der Waals surface area (Å²) in [6.45, 7) is 5.13. The van der Waals surface area contributed by atoms with Crippen LogP contribution < -0.4 is 10.0 Å². The first-order valence-corrected chi connectivity index (χ1v) is 11.0. The molecule has 0 spiro atoms. The zero-order valence-electron chi connectivity index (χ0n) is 16.2. The second-order valence-corrected chi connectivity index (χ2v) is 8.85. The van der Waals surface area contributed by atoms with Gasteiger partial charge in [-0.05, 0) is 56.8 Å². The van der Waals surface area contributed by atoms with Crippen LogP contribution in [-0.2, 0) is 9.59 Å². The summed E-state index contributed by atoms with van der Waals surface area (Å²) in [7, 11) is 0. The van der Waals surface area contributed by atoms with Gasteiger partial charge in [0.1, 0.15) is 0 Å². The van der Waals surface area contributed by atoms with Crippen LogP contribution in [0.25, 0.3) is 0 Å². The number of carbonyl (C=O) groups is 2. The topological polar surface area (TPSA) is 64.9 Å². The van der Waals surface area contributed by atoms with Crippen molar-refractivity contribution >= 4 is 11.9 Å². The average Bonchev–Trinajstić information content (AvgIpc) is 2.68. The maximum absolute atomic E-state index is 12.9. The molecule has 0 unspecified atom stereocenters. The normalized spacial score (nSPS) is 28.8. The highest BCUT2D eigenvalue weighted by molar-refractivity contribution is 5.79. The van der Waals surface area contributed by atoms with E-state index in [1.165, 1.54) is 51.6 Å². The van der Waals surface area contributed by atoms with Gasteiger partial charge in [-0.15, -0.1) is 0 Å². The molecule has 0 bridgehead atoms. The summed E-state index contributed by atoms with van der Waals surface area (Å²) in [6, 6.07) is 0. The lowest BCUT2D eigenvalue weighted by Crippen LogP contribution is -3.12. The molecule has 0 aromatic carbocycles. The fourth-order valence-corrected chi connectivity index (χ4v) is 5.39. The smallest absolute Gasteiger partial charge is 0.225 e. The molecule has 26 heavy (non-hydrogen) atoms. The zero-order valence-corrected chi connectivity index (χ0v) is 16.2. The van der Waals surface area contributed by atoms with Crippen LogP contribution in [0.15, 0.2) is 0 Å². The number of nitrogens with zero attached hydrogens (tertiary/aromatic N) is 1. The van der Waals surface area contributed by atoms with Crippen LogP contribution in [0, 0.1) is 17.8 Å². The molecular weight excluding hydrogens is 328 g/mol. The first-order chi connectivity index (χ1) is 12.6. The fourth-order valence-electron chi connectivity index (χ4n) is 5.39. The molecule has 1 aliphatic carbocycles. The Morgan fingerprint density at radius 3 is 2.31 bits per heavy atom. The van der Waals surface area contributed by atoms with E-state index in [2.05, 4.69) is 4.90 Å². The Kier molecular flexibility index (Phi) is 7.35. The summed E-state index contributed by atoms with van der Waals surface area (Å²) >= 11 is 0. The highest BCUT2D eigenvalue weighted by Gasteiger charge is 2.34. The van der Waals surface area contributed by atoms with Gasteiger partial charge in [0.05, 0.1) is 19.6 Å². The molecule has 2 heterocycles. The van der Waals surface area contributed by atoms with Crippen LogP contribution >= 0.6 is 0 Å². The maximum atomic E-state index is 12.9. The van der Waals surface area contributed by atoms with Gasteiger partial charge in [0.25, 0.3) is 0 Å². The molecule has 0 aromatic heterocycles. The van der Waals surface area contributed by atoms with Gasteiger partial charge in [0.15, 0.2) is 0 Å². The van der Waals surface area contributed by atoms with E-state index >= 15 is 0 Å². The molecule has 2 saturated heterocycles. The maximum Gasteiger partial charge on any atom is 0.225 e. The van der Waals surface area contributed by atoms with E-state index in [-0.39, 0.29) is 18.3 Å². The Morgan fingerprint density at radius 2 is 1.62 bits per heavy atom. The number of nitrogens with one attached hydrogen (secondary N) is 1. The third-order valence-electron chi connectivity index (χ3n) is 7.02. The van der Waals surface area contributed by atoms with Crippen LogP contribution in [0.4, 0.5) is 0 Å². The van der Waals surface area contributed by atoms with E-state index in [1.807, 2.05) is 0 Å². The predicted octanol–water partition coefficient (Wildman–Crippen LogP) is 0.630. The van der Waals surface area contributed by atoms with E-state index in [1.54, 1.807) is 4.90 Å². The molecule has 0 aromatic rings. The summed E-state index contributed by atoms with van der Waals surface area (Å²) in [6.07, 6.45) is 11.7. The van der Waals surface area contributed by atoms with Gasteiger partial charge in [-0.1, -0.05) is 19.3 Å². The number of hydrogen-bond acceptors (Lipinski definition) is 3. The van der Waals surface area contributed by atoms with E-state index < -0.39 is 5.97 Å². The number of hydrogen-bond donors (Lipinski definition) is 1. The van der Waals surface area contributed by atoms with Crippen LogP contribution in [0.1, 0.15) is 70.6 Å². The lowest BCUT2D eigenvalue weighted by Gasteiger charge is -2.41. The molecule has 0 radical (unpaired) electrons. The quantitative estimate of drug-likeness (QED) is 0.752. The lowest BCUT2D eigenvalue weighted by atomic mass is 9.80. The molecule has 148 valence electrons. The molecule has 2 aliphatic heterocycles. The Balaban J connectivity index is 1.56. The zero-order chi connectivity index (χ0) is 18.4. The molecule has 3 aliphatic rings. The molecule has 5 nitrogen and oxygen atoms in total. The standard InChI is InChI=1S/C21H36N2O3/c24-20(25)15-18-10-14-23(21(26)17-7-3-1-4-8-17)16-19(18)9-13-22-11-5-2-6-12-22/h17-19H,1-16H2,(H,24,25)/t18-,19-/m0/s1. The van der Waals surface area contributed by atoms with Crippen molar-refractivity contribution in [2.24, 2.45) is 17.8 Å². The molecular formula is C21H36N2O3. The number of aliphatic carboxylic acids is 1. The highest BCUT2D eigenvalue weighted by Crippen LogP contribution is 2.32. The summed E-state index contributed by atoms with van der Waals surface area (Å²) in [4.78, 5) is 27.8. The minimum atomic E-state index is -0.933. The van der Waals surface area contributed by atoms with E-state index in [4.69, 9.17) is 0 Å². The molecule has 1 saturated carbocycles. The largest absolute Gasteiger partial charge is 0.550 e. The van der Waals surface area contributed by atoms with Crippen molar-refractivity contribution in [3.8, 4) is 0 Å². The third kappa shape index (κ3) is 5.45. The van der Waals surface area contributed by atoms with Crippen molar-refractivity contribution in [1.82, 2.24) is 4.90 Å². The number of carboxylic acid groups (broad SMARTS) is 1. The highest BCUT2D eigenvalue weighted by atomic mass is 16.4. The van der Waals surface area contributed by atoms with Gasteiger partial charge in [-0.3, -0.25) is 4.79 Å². The summed E-state index contributed by atoms with van der Waals surface area (Å²) in [5, 5.41) is 11.2. The number of carbonyl (C=O) groups excluding carboxylic acids is 2. The minimum absolute atomic E-state index is 0.158. The van der Waals surface area contributed by atoms with Gasteiger partial charge in [-0.2, -0.15) is 0 Å². The number of amides is 1. The number of quaternary nitrogens is 1. The van der Waals surface area contributed by atoms with Crippen molar-refractivity contribution in [3.63, 3.8) is 0 Å². The van der Waals surface area contributed by atoms with E-state index in [0.29, 0.717) is 11.8 Å². The van der Waals surface area contributed by atoms with Crippen LogP contribution in [0.3, 0.4) is 0 Å². The molecule has 3 fully saturated rings. The van der Waals surface area contributed by atoms with Gasteiger partial charge >= 0.3 is 0 Å². The number of carboxylic acids is 1. The number of rotatable bonds is 6. The van der Waals surface area contributed by atoms with Gasteiger partial charge in [0.2, 0.25) is 5.91 Å². The molecule has 2 atom stereocenters. The average molecular weight is 365 g/mol. The SMILES string of the molecule is O=C([O-])C[C@@H]1CCN(C(=O)C2CCCCC2)C[C@@H]1CC[NH+]1CCCCC1. The van der Waals surface area contributed by atoms with E-state index in [0.717, 1.165) is 45.3 Å². The van der Waals surface area contributed by atoms with Crippen molar-refractivity contribution < 1.29 is 19.6 Å². The number of likely N-dealkylation sites (tertiary alicyclic amines) is 2. The lowest BCUT2D eigenvalue weighted by molar-refractivity contribution is -0.905. The van der Waals surface area contributed by atoms with Gasteiger partial charge in [-0.25, -0.2) is 0 Å². The molecule has 3 rings (SSSR count). The van der Waals surface area contributed by atoms with Crippen molar-refractivity contribution in [3.05, 3.63) is 0 Å². The monoisotopic (exact) mass is 364 g/mol. The van der Waals surface area contributed by atoms with Crippen LogP contribution in [-0.4, -0.2) is 49.5 Å². The molecule has 1 N–H and O–H groups in total. The predicted molar refractivity (Wildman–Crippen MR) is 98.4 cm³/mol. The second kappa shape index (κ2) is 9.72. The van der Waals surface area contributed by atoms with Crippen LogP contribution in [0.2, 0.25) is 0 Å². The molecule has 5 heteroatoms. The Morgan fingerprint density at radius 1 is 0.923 bits per heavy atom.